The van der Waals surface area contributed by atoms with Crippen LogP contribution in [-0.4, -0.2) is 35.3 Å². The van der Waals surface area contributed by atoms with Crippen LogP contribution in [0, 0.1) is 11.3 Å². The summed E-state index contributed by atoms with van der Waals surface area (Å²) in [4.78, 5) is 8.59. The Morgan fingerprint density at radius 1 is 1.42 bits per heavy atom. The summed E-state index contributed by atoms with van der Waals surface area (Å²) in [7, 11) is -1.12. The predicted octanol–water partition coefficient (Wildman–Crippen LogP) is 3.84. The van der Waals surface area contributed by atoms with Crippen molar-refractivity contribution < 1.29 is 4.74 Å². The average molecular weight is 364 g/mol. The van der Waals surface area contributed by atoms with E-state index in [1.54, 1.807) is 6.20 Å². The minimum Gasteiger partial charge on any atom is -0.367 e. The quantitative estimate of drug-likeness (QED) is 0.459. The van der Waals surface area contributed by atoms with Crippen LogP contribution in [0.5, 0.6) is 0 Å². The first-order chi connectivity index (χ1) is 11.4. The highest BCUT2D eigenvalue weighted by Crippen LogP contribution is 2.31. The van der Waals surface area contributed by atoms with E-state index in [0.717, 1.165) is 24.3 Å². The zero-order valence-corrected chi connectivity index (χ0v) is 16.0. The zero-order chi connectivity index (χ0) is 17.3. The minimum atomic E-state index is -1.12. The second-order valence-electron chi connectivity index (χ2n) is 7.43. The molecule has 1 fully saturated rings. The van der Waals surface area contributed by atoms with Gasteiger partial charge in [0.1, 0.15) is 24.3 Å². The molecular weight excluding hydrogens is 342 g/mol. The van der Waals surface area contributed by atoms with Crippen LogP contribution in [0.3, 0.4) is 0 Å². The molecule has 0 bridgehead atoms. The van der Waals surface area contributed by atoms with Crippen LogP contribution in [-0.2, 0) is 11.5 Å². The third-order valence-electron chi connectivity index (χ3n) is 3.95. The van der Waals surface area contributed by atoms with Crippen molar-refractivity contribution >= 4 is 36.5 Å². The maximum Gasteiger partial charge on any atom is 0.226 e. The number of rotatable bonds is 7. The normalized spacial score (nSPS) is 14.8. The maximum atomic E-state index is 9.46. The van der Waals surface area contributed by atoms with Crippen molar-refractivity contribution in [2.24, 2.45) is 0 Å². The summed E-state index contributed by atoms with van der Waals surface area (Å²) in [6.07, 6.45) is 4.00. The lowest BCUT2D eigenvalue weighted by molar-refractivity contribution is 0.0898. The van der Waals surface area contributed by atoms with Crippen molar-refractivity contribution in [2.75, 3.05) is 11.9 Å². The van der Waals surface area contributed by atoms with Crippen molar-refractivity contribution in [1.29, 1.82) is 5.26 Å². The predicted molar refractivity (Wildman–Crippen MR) is 98.0 cm³/mol. The molecule has 2 aromatic heterocycles. The molecule has 1 aliphatic carbocycles. The Balaban J connectivity index is 1.85. The van der Waals surface area contributed by atoms with Gasteiger partial charge in [-0.05, 0) is 30.5 Å². The lowest BCUT2D eigenvalue weighted by Crippen LogP contribution is -2.22. The van der Waals surface area contributed by atoms with Crippen molar-refractivity contribution in [1.82, 2.24) is 14.5 Å². The molecule has 0 radical (unpaired) electrons. The molecule has 1 aliphatic rings. The average Bonchev–Trinajstić information content (AvgIpc) is 3.23. The minimum absolute atomic E-state index is 0.177. The second-order valence-corrected chi connectivity index (χ2v) is 13.4. The molecule has 0 saturated heterocycles. The van der Waals surface area contributed by atoms with Gasteiger partial charge in [-0.25, -0.2) is 0 Å². The van der Waals surface area contributed by atoms with E-state index in [-0.39, 0.29) is 5.28 Å². The number of nitrogens with one attached hydrogen (secondary N) is 1. The fraction of sp³-hybridized carbons (Fsp3) is 0.562. The van der Waals surface area contributed by atoms with E-state index in [9.17, 15) is 5.26 Å². The fourth-order valence-electron chi connectivity index (χ4n) is 2.41. The molecule has 0 atom stereocenters. The van der Waals surface area contributed by atoms with Gasteiger partial charge in [0.25, 0.3) is 0 Å². The van der Waals surface area contributed by atoms with Gasteiger partial charge in [0.05, 0.1) is 10.9 Å². The third-order valence-corrected chi connectivity index (χ3v) is 5.83. The van der Waals surface area contributed by atoms with Crippen LogP contribution in [0.2, 0.25) is 31.0 Å². The molecule has 0 unspecified atom stereocenters. The Morgan fingerprint density at radius 3 is 2.79 bits per heavy atom. The van der Waals surface area contributed by atoms with E-state index in [0.29, 0.717) is 36.4 Å². The Hall–Kier alpha value is -1.62. The first-order valence-electron chi connectivity index (χ1n) is 8.18. The number of nitriles is 1. The Morgan fingerprint density at radius 2 is 2.17 bits per heavy atom. The summed E-state index contributed by atoms with van der Waals surface area (Å²) in [6.45, 7) is 8.02. The fourth-order valence-corrected chi connectivity index (χ4v) is 3.33. The molecule has 2 aromatic rings. The van der Waals surface area contributed by atoms with Crippen LogP contribution < -0.4 is 5.32 Å². The molecule has 3 rings (SSSR count). The van der Waals surface area contributed by atoms with Gasteiger partial charge in [-0.15, -0.1) is 0 Å². The smallest absolute Gasteiger partial charge is 0.226 e. The summed E-state index contributed by atoms with van der Waals surface area (Å²) in [5.74, 6) is 0.643. The molecule has 24 heavy (non-hydrogen) atoms. The van der Waals surface area contributed by atoms with Gasteiger partial charge in [-0.1, -0.05) is 19.6 Å². The molecular formula is C16H22ClN5OSi. The van der Waals surface area contributed by atoms with Crippen molar-refractivity contribution in [3.8, 4) is 6.07 Å². The Bertz CT molecular complexity index is 788. The van der Waals surface area contributed by atoms with E-state index < -0.39 is 8.07 Å². The van der Waals surface area contributed by atoms with Crippen LogP contribution in [0.15, 0.2) is 6.20 Å². The van der Waals surface area contributed by atoms with Gasteiger partial charge in [0.2, 0.25) is 5.28 Å². The van der Waals surface area contributed by atoms with Gasteiger partial charge in [0.15, 0.2) is 0 Å². The van der Waals surface area contributed by atoms with Crippen LogP contribution in [0.25, 0.3) is 11.0 Å². The van der Waals surface area contributed by atoms with Crippen molar-refractivity contribution in [3.63, 3.8) is 0 Å². The summed E-state index contributed by atoms with van der Waals surface area (Å²) < 4.78 is 7.64. The number of hydrogen-bond acceptors (Lipinski definition) is 5. The number of aromatic nitrogens is 3. The van der Waals surface area contributed by atoms with Crippen LogP contribution in [0.1, 0.15) is 18.4 Å². The van der Waals surface area contributed by atoms with Gasteiger partial charge in [0, 0.05) is 26.9 Å². The largest absolute Gasteiger partial charge is 0.367 e. The molecule has 0 spiro atoms. The number of nitrogens with zero attached hydrogens (tertiary/aromatic N) is 4. The van der Waals surface area contributed by atoms with E-state index in [1.807, 2.05) is 4.57 Å². The highest BCUT2D eigenvalue weighted by molar-refractivity contribution is 6.76. The van der Waals surface area contributed by atoms with Gasteiger partial charge >= 0.3 is 0 Å². The summed E-state index contributed by atoms with van der Waals surface area (Å²) in [5, 5.41) is 13.7. The summed E-state index contributed by atoms with van der Waals surface area (Å²) in [5.41, 5.74) is 1.18. The van der Waals surface area contributed by atoms with E-state index >= 15 is 0 Å². The molecule has 0 aromatic carbocycles. The molecule has 1 saturated carbocycles. The SMILES string of the molecule is C[Si](C)(C)CCOCn1cc(C#N)c2c(NC3CC3)nc(Cl)nc21. The molecule has 6 nitrogen and oxygen atoms in total. The topological polar surface area (TPSA) is 75.8 Å². The third kappa shape index (κ3) is 4.07. The zero-order valence-electron chi connectivity index (χ0n) is 14.3. The van der Waals surface area contributed by atoms with Crippen LogP contribution >= 0.6 is 11.6 Å². The van der Waals surface area contributed by atoms with E-state index in [2.05, 4.69) is 41.0 Å². The monoisotopic (exact) mass is 363 g/mol. The lowest BCUT2D eigenvalue weighted by Gasteiger charge is -2.15. The molecule has 2 heterocycles. The molecule has 1 N–H and O–H groups in total. The highest BCUT2D eigenvalue weighted by atomic mass is 35.5. The first-order valence-corrected chi connectivity index (χ1v) is 12.3. The molecule has 0 amide bonds. The highest BCUT2D eigenvalue weighted by Gasteiger charge is 2.25. The van der Waals surface area contributed by atoms with Crippen molar-refractivity contribution in [2.45, 2.75) is 51.3 Å². The molecule has 0 aliphatic heterocycles. The first kappa shape index (κ1) is 17.2. The maximum absolute atomic E-state index is 9.46. The van der Waals surface area contributed by atoms with Crippen LogP contribution in [0.4, 0.5) is 5.82 Å². The summed E-state index contributed by atoms with van der Waals surface area (Å²) >= 11 is 6.08. The lowest BCUT2D eigenvalue weighted by atomic mass is 10.2. The van der Waals surface area contributed by atoms with Gasteiger partial charge < -0.3 is 14.6 Å². The summed E-state index contributed by atoms with van der Waals surface area (Å²) in [6, 6.07) is 3.74. The number of anilines is 1. The standard InChI is InChI=1S/C16H22ClN5OSi/c1-24(2,3)7-6-23-10-22-9-11(8-18)13-14(19-12-4-5-12)20-16(17)21-15(13)22/h9,12H,4-7,10H2,1-3H3,(H,19,20,21). The number of halogens is 1. The Kier molecular flexibility index (Phi) is 4.81. The van der Waals surface area contributed by atoms with Crippen molar-refractivity contribution in [3.05, 3.63) is 17.0 Å². The number of fused-ring (bicyclic) bond motifs is 1. The Labute approximate surface area is 147 Å². The van der Waals surface area contributed by atoms with Gasteiger partial charge in [-0.3, -0.25) is 0 Å². The number of ether oxygens (including phenoxy) is 1. The number of hydrogen-bond donors (Lipinski definition) is 1. The van der Waals surface area contributed by atoms with E-state index in [4.69, 9.17) is 16.3 Å². The second kappa shape index (κ2) is 6.71. The molecule has 128 valence electrons. The van der Waals surface area contributed by atoms with Gasteiger partial charge in [-0.2, -0.15) is 15.2 Å². The van der Waals surface area contributed by atoms with E-state index in [1.165, 1.54) is 0 Å². The molecule has 8 heteroatoms.